The number of rotatable bonds is 2. The van der Waals surface area contributed by atoms with Gasteiger partial charge in [0.05, 0.1) is 11.6 Å². The second-order valence-electron chi connectivity index (χ2n) is 5.99. The van der Waals surface area contributed by atoms with E-state index < -0.39 is 0 Å². The number of carbonyl (C=O) groups is 1. The van der Waals surface area contributed by atoms with Gasteiger partial charge in [-0.2, -0.15) is 0 Å². The number of nitrogens with one attached hydrogen (secondary N) is 1. The van der Waals surface area contributed by atoms with Crippen molar-refractivity contribution in [2.75, 3.05) is 18.5 Å². The summed E-state index contributed by atoms with van der Waals surface area (Å²) in [5.41, 5.74) is 2.39. The lowest BCUT2D eigenvalue weighted by atomic mass is 10.1. The number of hydrogen-bond acceptors (Lipinski definition) is 4. The molecule has 0 fully saturated rings. The van der Waals surface area contributed by atoms with Crippen LogP contribution >= 0.6 is 11.3 Å². The van der Waals surface area contributed by atoms with E-state index in [1.165, 1.54) is 11.3 Å². The number of hydrogen-bond donors (Lipinski definition) is 1. The van der Waals surface area contributed by atoms with Crippen molar-refractivity contribution in [2.24, 2.45) is 0 Å². The van der Waals surface area contributed by atoms with Gasteiger partial charge in [0.1, 0.15) is 0 Å². The van der Waals surface area contributed by atoms with Crippen LogP contribution in [0.2, 0.25) is 0 Å². The number of para-hydroxylation sites is 1. The maximum absolute atomic E-state index is 12.6. The van der Waals surface area contributed by atoms with Gasteiger partial charge in [0.2, 0.25) is 0 Å². The van der Waals surface area contributed by atoms with E-state index in [-0.39, 0.29) is 12.1 Å². The van der Waals surface area contributed by atoms with Crippen LogP contribution in [0.5, 0.6) is 0 Å². The van der Waals surface area contributed by atoms with Crippen LogP contribution in [0.15, 0.2) is 30.5 Å². The van der Waals surface area contributed by atoms with E-state index in [2.05, 4.69) is 41.3 Å². The molecular weight excluding hydrogens is 308 g/mol. The average Bonchev–Trinajstić information content (AvgIpc) is 2.90. The first-order valence-electron chi connectivity index (χ1n) is 7.79. The minimum atomic E-state index is -0.0198. The molecule has 2 aromatic rings. The van der Waals surface area contributed by atoms with E-state index in [4.69, 9.17) is 0 Å². The summed E-state index contributed by atoms with van der Waals surface area (Å²) in [7, 11) is 2.08. The number of amides is 2. The molecule has 1 N–H and O–H groups in total. The van der Waals surface area contributed by atoms with Crippen LogP contribution in [0, 0.1) is 6.92 Å². The van der Waals surface area contributed by atoms with Crippen LogP contribution < -0.4 is 10.2 Å². The highest BCUT2D eigenvalue weighted by atomic mass is 32.1. The Morgan fingerprint density at radius 1 is 1.43 bits per heavy atom. The van der Waals surface area contributed by atoms with Gasteiger partial charge in [0, 0.05) is 42.9 Å². The highest BCUT2D eigenvalue weighted by molar-refractivity contribution is 7.11. The number of likely N-dealkylation sites (N-methyl/N-ethyl adjacent to an activating group) is 1. The summed E-state index contributed by atoms with van der Waals surface area (Å²) in [6.07, 6.45) is 1.83. The number of anilines is 1. The van der Waals surface area contributed by atoms with Crippen molar-refractivity contribution in [3.63, 3.8) is 0 Å². The fourth-order valence-electron chi connectivity index (χ4n) is 2.97. The molecule has 0 aliphatic carbocycles. The first-order chi connectivity index (χ1) is 11.0. The number of nitrogens with zero attached hydrogens (tertiary/aromatic N) is 3. The van der Waals surface area contributed by atoms with E-state index in [1.807, 2.05) is 30.2 Å². The summed E-state index contributed by atoms with van der Waals surface area (Å²) < 4.78 is 0. The lowest BCUT2D eigenvalue weighted by Gasteiger charge is -2.28. The third-order valence-electron chi connectivity index (χ3n) is 4.16. The maximum Gasteiger partial charge on any atom is 0.318 e. The second-order valence-corrected chi connectivity index (χ2v) is 7.31. The van der Waals surface area contributed by atoms with Gasteiger partial charge < -0.3 is 15.1 Å². The van der Waals surface area contributed by atoms with Gasteiger partial charge >= 0.3 is 6.03 Å². The number of fused-ring (bicyclic) bond motifs is 1. The Balaban J connectivity index is 1.72. The fourth-order valence-corrected chi connectivity index (χ4v) is 3.71. The Morgan fingerprint density at radius 3 is 2.96 bits per heavy atom. The number of aryl methyl sites for hydroxylation is 1. The SMILES string of the molecule is Cc1ncc(CNC(=O)N2Cc3ccccc3N(C)C[C@H]2C)s1. The van der Waals surface area contributed by atoms with Crippen molar-refractivity contribution in [1.82, 2.24) is 15.2 Å². The monoisotopic (exact) mass is 330 g/mol. The third kappa shape index (κ3) is 3.47. The zero-order valence-electron chi connectivity index (χ0n) is 13.7. The van der Waals surface area contributed by atoms with E-state index in [0.717, 1.165) is 16.4 Å². The molecule has 0 saturated carbocycles. The molecule has 23 heavy (non-hydrogen) atoms. The van der Waals surface area contributed by atoms with Gasteiger partial charge in [0.25, 0.3) is 0 Å². The molecule has 2 heterocycles. The summed E-state index contributed by atoms with van der Waals surface area (Å²) >= 11 is 1.62. The Hall–Kier alpha value is -2.08. The van der Waals surface area contributed by atoms with Crippen molar-refractivity contribution in [3.05, 3.63) is 45.9 Å². The predicted octanol–water partition coefficient (Wildman–Crippen LogP) is 3.00. The normalized spacial score (nSPS) is 17.6. The molecule has 1 aromatic carbocycles. The van der Waals surface area contributed by atoms with Crippen LogP contribution in [0.25, 0.3) is 0 Å². The summed E-state index contributed by atoms with van der Waals surface area (Å²) in [6.45, 7) is 6.06. The highest BCUT2D eigenvalue weighted by Crippen LogP contribution is 2.26. The van der Waals surface area contributed by atoms with E-state index in [9.17, 15) is 4.79 Å². The lowest BCUT2D eigenvalue weighted by molar-refractivity contribution is 0.178. The Bertz CT molecular complexity index is 699. The smallest absolute Gasteiger partial charge is 0.318 e. The minimum absolute atomic E-state index is 0.0198. The predicted molar refractivity (Wildman–Crippen MR) is 93.8 cm³/mol. The van der Waals surface area contributed by atoms with Crippen molar-refractivity contribution in [2.45, 2.75) is 33.0 Å². The van der Waals surface area contributed by atoms with Crippen LogP contribution in [0.4, 0.5) is 10.5 Å². The van der Waals surface area contributed by atoms with Crippen molar-refractivity contribution < 1.29 is 4.79 Å². The molecule has 122 valence electrons. The molecule has 1 atom stereocenters. The third-order valence-corrected chi connectivity index (χ3v) is 5.07. The van der Waals surface area contributed by atoms with Crippen LogP contribution in [0.3, 0.4) is 0 Å². The van der Waals surface area contributed by atoms with Gasteiger partial charge in [-0.3, -0.25) is 0 Å². The number of carbonyl (C=O) groups excluding carboxylic acids is 1. The van der Waals surface area contributed by atoms with Gasteiger partial charge in [-0.25, -0.2) is 9.78 Å². The van der Waals surface area contributed by atoms with Crippen molar-refractivity contribution in [3.8, 4) is 0 Å². The molecule has 2 amide bonds. The zero-order chi connectivity index (χ0) is 16.4. The molecule has 0 unspecified atom stereocenters. The van der Waals surface area contributed by atoms with Gasteiger partial charge in [-0.15, -0.1) is 11.3 Å². The van der Waals surface area contributed by atoms with Crippen LogP contribution in [-0.4, -0.2) is 35.5 Å². The quantitative estimate of drug-likeness (QED) is 0.921. The van der Waals surface area contributed by atoms with Gasteiger partial charge in [0.15, 0.2) is 0 Å². The number of aromatic nitrogens is 1. The average molecular weight is 330 g/mol. The summed E-state index contributed by atoms with van der Waals surface area (Å²) in [6, 6.07) is 8.41. The van der Waals surface area contributed by atoms with E-state index >= 15 is 0 Å². The largest absolute Gasteiger partial charge is 0.372 e. The van der Waals surface area contributed by atoms with Crippen molar-refractivity contribution in [1.29, 1.82) is 0 Å². The Kier molecular flexibility index (Phi) is 4.52. The lowest BCUT2D eigenvalue weighted by Crippen LogP contribution is -2.46. The van der Waals surface area contributed by atoms with Crippen LogP contribution in [0.1, 0.15) is 22.4 Å². The molecule has 0 radical (unpaired) electrons. The molecule has 0 saturated heterocycles. The standard InChI is InChI=1S/C17H22N4OS/c1-12-10-20(3)16-7-5-4-6-14(16)11-21(12)17(22)19-9-15-8-18-13(2)23-15/h4-8,12H,9-11H2,1-3H3,(H,19,22)/t12-/m1/s1. The molecular formula is C17H22N4OS. The van der Waals surface area contributed by atoms with E-state index in [0.29, 0.717) is 13.1 Å². The highest BCUT2D eigenvalue weighted by Gasteiger charge is 2.26. The Morgan fingerprint density at radius 2 is 2.22 bits per heavy atom. The maximum atomic E-state index is 12.6. The molecule has 0 bridgehead atoms. The summed E-state index contributed by atoms with van der Waals surface area (Å²) in [4.78, 5) is 22.1. The first kappa shape index (κ1) is 15.8. The molecule has 1 aromatic heterocycles. The fraction of sp³-hybridized carbons (Fsp3) is 0.412. The number of urea groups is 1. The molecule has 0 spiro atoms. The topological polar surface area (TPSA) is 48.5 Å². The number of thiazole rings is 1. The van der Waals surface area contributed by atoms with E-state index in [1.54, 1.807) is 11.3 Å². The molecule has 1 aliphatic rings. The first-order valence-corrected chi connectivity index (χ1v) is 8.61. The molecule has 1 aliphatic heterocycles. The molecule has 5 nitrogen and oxygen atoms in total. The van der Waals surface area contributed by atoms with Crippen LogP contribution in [-0.2, 0) is 13.1 Å². The second kappa shape index (κ2) is 6.58. The number of benzene rings is 1. The molecule has 3 rings (SSSR count). The minimum Gasteiger partial charge on any atom is -0.372 e. The Labute approximate surface area is 140 Å². The molecule has 6 heteroatoms. The summed E-state index contributed by atoms with van der Waals surface area (Å²) in [5.74, 6) is 0. The van der Waals surface area contributed by atoms with Crippen molar-refractivity contribution >= 4 is 23.1 Å². The van der Waals surface area contributed by atoms with Gasteiger partial charge in [-0.05, 0) is 25.5 Å². The summed E-state index contributed by atoms with van der Waals surface area (Å²) in [5, 5.41) is 4.05. The zero-order valence-corrected chi connectivity index (χ0v) is 14.6. The van der Waals surface area contributed by atoms with Gasteiger partial charge in [-0.1, -0.05) is 18.2 Å².